The second kappa shape index (κ2) is 9.14. The number of alkyl halides is 2. The number of hydrogen-bond acceptors (Lipinski definition) is 5. The van der Waals surface area contributed by atoms with Crippen molar-refractivity contribution in [2.24, 2.45) is 0 Å². The van der Waals surface area contributed by atoms with Crippen molar-refractivity contribution >= 4 is 40.7 Å². The van der Waals surface area contributed by atoms with Gasteiger partial charge in [-0.2, -0.15) is 5.26 Å². The Kier molecular flexibility index (Phi) is 7.18. The Morgan fingerprint density at radius 3 is 2.52 bits per heavy atom. The van der Waals surface area contributed by atoms with Crippen molar-refractivity contribution in [1.29, 1.82) is 5.26 Å². The molecule has 25 heavy (non-hydrogen) atoms. The Labute approximate surface area is 161 Å². The molecular formula is C17H18Cl2N4OS. The van der Waals surface area contributed by atoms with Crippen LogP contribution in [0, 0.1) is 18.3 Å². The van der Waals surface area contributed by atoms with Crippen molar-refractivity contribution < 1.29 is 0 Å². The molecule has 132 valence electrons. The molecule has 0 aliphatic rings. The van der Waals surface area contributed by atoms with Gasteiger partial charge in [0.15, 0.2) is 5.16 Å². The summed E-state index contributed by atoms with van der Waals surface area (Å²) in [5, 5.41) is 9.82. The minimum Gasteiger partial charge on any atom is -0.369 e. The summed E-state index contributed by atoms with van der Waals surface area (Å²) in [5.41, 5.74) is 2.68. The molecular weight excluding hydrogens is 379 g/mol. The largest absolute Gasteiger partial charge is 0.369 e. The average Bonchev–Trinajstić information content (AvgIpc) is 2.60. The number of aromatic nitrogens is 2. The summed E-state index contributed by atoms with van der Waals surface area (Å²) in [4.78, 5) is 21.2. The van der Waals surface area contributed by atoms with Gasteiger partial charge in [-0.1, -0.05) is 17.8 Å². The van der Waals surface area contributed by atoms with E-state index in [1.807, 2.05) is 37.4 Å². The maximum absolute atomic E-state index is 12.1. The number of hydrogen-bond donors (Lipinski definition) is 1. The van der Waals surface area contributed by atoms with Crippen LogP contribution in [0.15, 0.2) is 28.2 Å². The van der Waals surface area contributed by atoms with Gasteiger partial charge < -0.3 is 9.88 Å². The van der Waals surface area contributed by atoms with Gasteiger partial charge in [0, 0.05) is 36.1 Å². The van der Waals surface area contributed by atoms with Crippen LogP contribution in [-0.2, 0) is 0 Å². The van der Waals surface area contributed by atoms with Crippen LogP contribution in [0.2, 0.25) is 0 Å². The van der Waals surface area contributed by atoms with E-state index >= 15 is 0 Å². The van der Waals surface area contributed by atoms with E-state index in [-0.39, 0.29) is 5.56 Å². The van der Waals surface area contributed by atoms with Gasteiger partial charge in [-0.15, -0.1) is 23.2 Å². The van der Waals surface area contributed by atoms with E-state index in [2.05, 4.69) is 14.9 Å². The molecule has 0 bridgehead atoms. The highest BCUT2D eigenvalue weighted by atomic mass is 35.5. The molecule has 1 aromatic heterocycles. The summed E-state index contributed by atoms with van der Waals surface area (Å²) in [6.45, 7) is 3.31. The summed E-state index contributed by atoms with van der Waals surface area (Å²) in [5.74, 6) is 1.01. The summed E-state index contributed by atoms with van der Waals surface area (Å²) in [6, 6.07) is 7.77. The summed E-state index contributed by atoms with van der Waals surface area (Å²) in [6.07, 6.45) is 1.82. The predicted octanol–water partition coefficient (Wildman–Crippen LogP) is 3.62. The van der Waals surface area contributed by atoms with Crippen molar-refractivity contribution in [2.75, 3.05) is 36.0 Å². The lowest BCUT2D eigenvalue weighted by molar-refractivity contribution is 0.873. The molecule has 0 fully saturated rings. The Balaban J connectivity index is 2.54. The first-order valence-electron chi connectivity index (χ1n) is 7.62. The lowest BCUT2D eigenvalue weighted by atomic mass is 10.0. The first-order chi connectivity index (χ1) is 12.0. The number of anilines is 1. The SMILES string of the molecule is CSc1nc(-c2ccc(N(CCCl)CCCl)cc2C)c(C#N)c(=O)[nH]1. The number of halogens is 2. The zero-order valence-corrected chi connectivity index (χ0v) is 16.3. The number of rotatable bonds is 7. The van der Waals surface area contributed by atoms with E-state index in [0.29, 0.717) is 35.7 Å². The molecule has 8 heteroatoms. The molecule has 0 spiro atoms. The number of benzene rings is 1. The first kappa shape index (κ1) is 19.6. The van der Waals surface area contributed by atoms with E-state index in [1.165, 1.54) is 11.8 Å². The number of nitrogens with zero attached hydrogens (tertiary/aromatic N) is 3. The van der Waals surface area contributed by atoms with E-state index < -0.39 is 5.56 Å². The Morgan fingerprint density at radius 2 is 2.00 bits per heavy atom. The summed E-state index contributed by atoms with van der Waals surface area (Å²) >= 11 is 13.1. The van der Waals surface area contributed by atoms with E-state index in [0.717, 1.165) is 16.8 Å². The van der Waals surface area contributed by atoms with Gasteiger partial charge in [-0.3, -0.25) is 4.79 Å². The molecule has 0 aliphatic heterocycles. The maximum atomic E-state index is 12.1. The van der Waals surface area contributed by atoms with E-state index in [4.69, 9.17) is 23.2 Å². The van der Waals surface area contributed by atoms with Gasteiger partial charge in [0.25, 0.3) is 5.56 Å². The number of aromatic amines is 1. The Hall–Kier alpha value is -1.68. The Bertz CT molecular complexity index is 842. The fraction of sp³-hybridized carbons (Fsp3) is 0.353. The zero-order valence-electron chi connectivity index (χ0n) is 14.0. The van der Waals surface area contributed by atoms with Crippen LogP contribution in [0.25, 0.3) is 11.3 Å². The monoisotopic (exact) mass is 396 g/mol. The van der Waals surface area contributed by atoms with Crippen molar-refractivity contribution in [1.82, 2.24) is 9.97 Å². The van der Waals surface area contributed by atoms with Crippen LogP contribution < -0.4 is 10.5 Å². The molecule has 0 unspecified atom stereocenters. The van der Waals surface area contributed by atoms with Crippen LogP contribution in [0.1, 0.15) is 11.1 Å². The van der Waals surface area contributed by atoms with Gasteiger partial charge in [-0.05, 0) is 30.9 Å². The molecule has 1 aromatic carbocycles. The topological polar surface area (TPSA) is 72.8 Å². The molecule has 1 heterocycles. The molecule has 0 amide bonds. The molecule has 2 aromatic rings. The average molecular weight is 397 g/mol. The van der Waals surface area contributed by atoms with Crippen LogP contribution in [0.3, 0.4) is 0 Å². The van der Waals surface area contributed by atoms with Crippen molar-refractivity contribution in [3.63, 3.8) is 0 Å². The lowest BCUT2D eigenvalue weighted by Gasteiger charge is -2.24. The van der Waals surface area contributed by atoms with Gasteiger partial charge in [0.1, 0.15) is 11.6 Å². The van der Waals surface area contributed by atoms with Crippen LogP contribution in [0.5, 0.6) is 0 Å². The fourth-order valence-corrected chi connectivity index (χ4v) is 3.32. The predicted molar refractivity (Wildman–Crippen MR) is 105 cm³/mol. The first-order valence-corrected chi connectivity index (χ1v) is 9.91. The van der Waals surface area contributed by atoms with Crippen LogP contribution >= 0.6 is 35.0 Å². The second-order valence-corrected chi connectivity index (χ2v) is 6.83. The quantitative estimate of drug-likeness (QED) is 0.439. The minimum atomic E-state index is -0.425. The third kappa shape index (κ3) is 4.49. The number of nitriles is 1. The summed E-state index contributed by atoms with van der Waals surface area (Å²) < 4.78 is 0. The van der Waals surface area contributed by atoms with E-state index in [1.54, 1.807) is 0 Å². The maximum Gasteiger partial charge on any atom is 0.270 e. The van der Waals surface area contributed by atoms with Crippen molar-refractivity contribution in [3.05, 3.63) is 39.7 Å². The number of aryl methyl sites for hydroxylation is 1. The molecule has 0 radical (unpaired) electrons. The normalized spacial score (nSPS) is 10.5. The smallest absolute Gasteiger partial charge is 0.270 e. The molecule has 1 N–H and O–H groups in total. The third-order valence-electron chi connectivity index (χ3n) is 3.74. The highest BCUT2D eigenvalue weighted by Gasteiger charge is 2.16. The minimum absolute atomic E-state index is 0.0204. The Morgan fingerprint density at radius 1 is 1.32 bits per heavy atom. The zero-order chi connectivity index (χ0) is 18.4. The van der Waals surface area contributed by atoms with Crippen LogP contribution in [-0.4, -0.2) is 41.1 Å². The van der Waals surface area contributed by atoms with E-state index in [9.17, 15) is 10.1 Å². The van der Waals surface area contributed by atoms with Gasteiger partial charge in [-0.25, -0.2) is 4.98 Å². The second-order valence-electron chi connectivity index (χ2n) is 5.27. The molecule has 5 nitrogen and oxygen atoms in total. The number of H-pyrrole nitrogens is 1. The fourth-order valence-electron chi connectivity index (χ4n) is 2.53. The lowest BCUT2D eigenvalue weighted by Crippen LogP contribution is -2.27. The molecule has 2 rings (SSSR count). The highest BCUT2D eigenvalue weighted by molar-refractivity contribution is 7.98. The molecule has 0 atom stereocenters. The van der Waals surface area contributed by atoms with Gasteiger partial charge in [0.05, 0.1) is 5.69 Å². The standard InChI is InChI=1S/C17H18Cl2N4OS/c1-11-9-12(23(7-5-18)8-6-19)3-4-13(11)15-14(10-20)16(24)22-17(21-15)25-2/h3-4,9H,5-8H2,1-2H3,(H,21,22,24). The van der Waals surface area contributed by atoms with Crippen molar-refractivity contribution in [2.45, 2.75) is 12.1 Å². The molecule has 0 aliphatic carbocycles. The van der Waals surface area contributed by atoms with Gasteiger partial charge in [0.2, 0.25) is 0 Å². The highest BCUT2D eigenvalue weighted by Crippen LogP contribution is 2.28. The molecule has 0 saturated heterocycles. The number of nitrogens with one attached hydrogen (secondary N) is 1. The number of thioether (sulfide) groups is 1. The van der Waals surface area contributed by atoms with Crippen LogP contribution in [0.4, 0.5) is 5.69 Å². The molecule has 0 saturated carbocycles. The summed E-state index contributed by atoms with van der Waals surface area (Å²) in [7, 11) is 0. The van der Waals surface area contributed by atoms with Crippen molar-refractivity contribution in [3.8, 4) is 17.3 Å². The third-order valence-corrected chi connectivity index (χ3v) is 4.66. The van der Waals surface area contributed by atoms with Gasteiger partial charge >= 0.3 is 0 Å².